The summed E-state index contributed by atoms with van der Waals surface area (Å²) in [7, 11) is 0. The molecule has 4 rings (SSSR count). The highest BCUT2D eigenvalue weighted by atomic mass is 35.5. The third-order valence-electron chi connectivity index (χ3n) is 5.53. The topological polar surface area (TPSA) is 64.0 Å². The molecule has 4 aromatic rings. The van der Waals surface area contributed by atoms with Crippen molar-refractivity contribution < 1.29 is 4.79 Å². The van der Waals surface area contributed by atoms with Gasteiger partial charge in [-0.2, -0.15) is 0 Å². The summed E-state index contributed by atoms with van der Waals surface area (Å²) >= 11 is 7.55. The Kier molecular flexibility index (Phi) is 6.82. The van der Waals surface area contributed by atoms with E-state index in [2.05, 4.69) is 31.1 Å². The fourth-order valence-electron chi connectivity index (χ4n) is 3.54. The summed E-state index contributed by atoms with van der Waals surface area (Å²) in [6.07, 6.45) is 0. The Morgan fingerprint density at radius 1 is 1.06 bits per heavy atom. The predicted octanol–water partition coefficient (Wildman–Crippen LogP) is 6.38. The van der Waals surface area contributed by atoms with Crippen molar-refractivity contribution in [2.75, 3.05) is 11.1 Å². The molecule has 34 heavy (non-hydrogen) atoms. The lowest BCUT2D eigenvalue weighted by molar-refractivity contribution is -0.113. The molecule has 0 atom stereocenters. The number of carbonyl (C=O) groups excluding carboxylic acids is 1. The first kappa shape index (κ1) is 24.0. The number of anilines is 1. The van der Waals surface area contributed by atoms with Gasteiger partial charge in [0.15, 0.2) is 5.16 Å². The zero-order valence-electron chi connectivity index (χ0n) is 19.6. The van der Waals surface area contributed by atoms with E-state index in [4.69, 9.17) is 11.6 Å². The van der Waals surface area contributed by atoms with Gasteiger partial charge in [-0.15, -0.1) is 0 Å². The minimum absolute atomic E-state index is 0.0443. The molecule has 0 spiro atoms. The van der Waals surface area contributed by atoms with Crippen LogP contribution in [0.25, 0.3) is 16.6 Å². The minimum atomic E-state index is -0.203. The van der Waals surface area contributed by atoms with Gasteiger partial charge in [0.25, 0.3) is 5.56 Å². The number of thioether (sulfide) groups is 1. The van der Waals surface area contributed by atoms with E-state index in [1.54, 1.807) is 18.2 Å². The van der Waals surface area contributed by atoms with Crippen LogP contribution in [0.2, 0.25) is 5.02 Å². The molecule has 0 unspecified atom stereocenters. The number of nitrogens with one attached hydrogen (secondary N) is 1. The van der Waals surface area contributed by atoms with Crippen molar-refractivity contribution in [3.63, 3.8) is 0 Å². The van der Waals surface area contributed by atoms with Gasteiger partial charge in [-0.05, 0) is 59.9 Å². The highest BCUT2D eigenvalue weighted by Crippen LogP contribution is 2.26. The van der Waals surface area contributed by atoms with Crippen molar-refractivity contribution in [2.24, 2.45) is 0 Å². The molecule has 1 amide bonds. The summed E-state index contributed by atoms with van der Waals surface area (Å²) in [6.45, 7) is 8.35. The molecule has 0 radical (unpaired) electrons. The molecule has 0 aliphatic carbocycles. The maximum atomic E-state index is 13.4. The molecular weight excluding hydrogens is 466 g/mol. The molecular formula is C27H26ClN3O2S. The standard InChI is InChI=1S/C27H26ClN3O2S/c1-17-9-14-20(15-22(17)28)31-25(33)21-7-5-6-8-23(21)30-26(31)34-16-24(32)29-19-12-10-18(11-13-19)27(2,3)4/h5-15H,16H2,1-4H3,(H,29,32). The van der Waals surface area contributed by atoms with Crippen molar-refractivity contribution in [1.82, 2.24) is 9.55 Å². The monoisotopic (exact) mass is 491 g/mol. The van der Waals surface area contributed by atoms with Crippen LogP contribution in [0.1, 0.15) is 31.9 Å². The number of amides is 1. The number of hydrogen-bond donors (Lipinski definition) is 1. The number of fused-ring (bicyclic) bond motifs is 1. The highest BCUT2D eigenvalue weighted by Gasteiger charge is 2.16. The number of rotatable bonds is 5. The highest BCUT2D eigenvalue weighted by molar-refractivity contribution is 7.99. The number of carbonyl (C=O) groups is 1. The lowest BCUT2D eigenvalue weighted by Gasteiger charge is -2.19. The van der Waals surface area contributed by atoms with Gasteiger partial charge < -0.3 is 5.32 Å². The lowest BCUT2D eigenvalue weighted by Crippen LogP contribution is -2.23. The SMILES string of the molecule is Cc1ccc(-n2c(SCC(=O)Nc3ccc(C(C)(C)C)cc3)nc3ccccc3c2=O)cc1Cl. The van der Waals surface area contributed by atoms with Gasteiger partial charge in [0.2, 0.25) is 5.91 Å². The van der Waals surface area contributed by atoms with E-state index in [0.717, 1.165) is 11.3 Å². The molecule has 0 aliphatic heterocycles. The minimum Gasteiger partial charge on any atom is -0.325 e. The van der Waals surface area contributed by atoms with Crippen molar-refractivity contribution in [2.45, 2.75) is 38.3 Å². The van der Waals surface area contributed by atoms with Crippen LogP contribution in [0.5, 0.6) is 0 Å². The zero-order valence-corrected chi connectivity index (χ0v) is 21.1. The number of para-hydroxylation sites is 1. The Labute approximate surface area is 208 Å². The van der Waals surface area contributed by atoms with Crippen LogP contribution >= 0.6 is 23.4 Å². The quantitative estimate of drug-likeness (QED) is 0.260. The molecule has 7 heteroatoms. The van der Waals surface area contributed by atoms with Crippen molar-refractivity contribution in [3.05, 3.63) is 93.2 Å². The van der Waals surface area contributed by atoms with Crippen LogP contribution < -0.4 is 10.9 Å². The van der Waals surface area contributed by atoms with Crippen LogP contribution in [-0.2, 0) is 10.2 Å². The van der Waals surface area contributed by atoms with E-state index < -0.39 is 0 Å². The van der Waals surface area contributed by atoms with Gasteiger partial charge in [0.05, 0.1) is 22.3 Å². The van der Waals surface area contributed by atoms with E-state index in [1.807, 2.05) is 55.5 Å². The molecule has 1 N–H and O–H groups in total. The second-order valence-electron chi connectivity index (χ2n) is 9.15. The van der Waals surface area contributed by atoms with Crippen LogP contribution in [0.15, 0.2) is 76.7 Å². The summed E-state index contributed by atoms with van der Waals surface area (Å²) in [5.41, 5.74) is 3.88. The van der Waals surface area contributed by atoms with Crippen LogP contribution in [0.3, 0.4) is 0 Å². The number of aromatic nitrogens is 2. The fourth-order valence-corrected chi connectivity index (χ4v) is 4.53. The van der Waals surface area contributed by atoms with Crippen molar-refractivity contribution in [3.8, 4) is 5.69 Å². The average molecular weight is 492 g/mol. The number of nitrogens with zero attached hydrogens (tertiary/aromatic N) is 2. The summed E-state index contributed by atoms with van der Waals surface area (Å²) < 4.78 is 1.52. The van der Waals surface area contributed by atoms with Crippen molar-refractivity contribution >= 4 is 45.9 Å². The fraction of sp³-hybridized carbons (Fsp3) is 0.222. The van der Waals surface area contributed by atoms with Crippen LogP contribution in [0.4, 0.5) is 5.69 Å². The summed E-state index contributed by atoms with van der Waals surface area (Å²) in [5.74, 6) is -0.0739. The second-order valence-corrected chi connectivity index (χ2v) is 10.5. The maximum absolute atomic E-state index is 13.4. The zero-order chi connectivity index (χ0) is 24.5. The molecule has 5 nitrogen and oxygen atoms in total. The van der Waals surface area contributed by atoms with Gasteiger partial charge in [-0.3, -0.25) is 14.2 Å². The molecule has 0 saturated heterocycles. The predicted molar refractivity (Wildman–Crippen MR) is 142 cm³/mol. The molecule has 0 aliphatic rings. The molecule has 1 aromatic heterocycles. The number of halogens is 1. The first-order chi connectivity index (χ1) is 16.1. The first-order valence-corrected chi connectivity index (χ1v) is 12.3. The van der Waals surface area contributed by atoms with E-state index in [9.17, 15) is 9.59 Å². The van der Waals surface area contributed by atoms with Gasteiger partial charge in [-0.1, -0.05) is 74.5 Å². The third kappa shape index (κ3) is 5.18. The van der Waals surface area contributed by atoms with Gasteiger partial charge >= 0.3 is 0 Å². The molecule has 3 aromatic carbocycles. The maximum Gasteiger partial charge on any atom is 0.266 e. The average Bonchev–Trinajstić information content (AvgIpc) is 2.79. The summed E-state index contributed by atoms with van der Waals surface area (Å²) in [5, 5.41) is 4.42. The molecule has 1 heterocycles. The molecule has 174 valence electrons. The van der Waals surface area contributed by atoms with Crippen LogP contribution in [0, 0.1) is 6.92 Å². The molecule has 0 bridgehead atoms. The first-order valence-electron chi connectivity index (χ1n) is 10.9. The lowest BCUT2D eigenvalue weighted by atomic mass is 9.87. The number of aryl methyl sites for hydroxylation is 1. The van der Waals surface area contributed by atoms with E-state index in [1.165, 1.54) is 21.9 Å². The van der Waals surface area contributed by atoms with E-state index in [-0.39, 0.29) is 22.6 Å². The molecule has 0 saturated carbocycles. The Bertz CT molecular complexity index is 1420. The largest absolute Gasteiger partial charge is 0.325 e. The summed E-state index contributed by atoms with van der Waals surface area (Å²) in [4.78, 5) is 30.7. The van der Waals surface area contributed by atoms with E-state index in [0.29, 0.717) is 26.8 Å². The Balaban J connectivity index is 1.61. The second kappa shape index (κ2) is 9.65. The number of hydrogen-bond acceptors (Lipinski definition) is 4. The smallest absolute Gasteiger partial charge is 0.266 e. The van der Waals surface area contributed by atoms with Gasteiger partial charge in [0.1, 0.15) is 0 Å². The third-order valence-corrected chi connectivity index (χ3v) is 6.87. The Hall–Kier alpha value is -3.09. The normalized spacial score (nSPS) is 11.6. The van der Waals surface area contributed by atoms with Crippen molar-refractivity contribution in [1.29, 1.82) is 0 Å². The van der Waals surface area contributed by atoms with Gasteiger partial charge in [0, 0.05) is 10.7 Å². The van der Waals surface area contributed by atoms with Gasteiger partial charge in [-0.25, -0.2) is 4.98 Å². The van der Waals surface area contributed by atoms with E-state index >= 15 is 0 Å². The van der Waals surface area contributed by atoms with Crippen LogP contribution in [-0.4, -0.2) is 21.2 Å². The summed E-state index contributed by atoms with van der Waals surface area (Å²) in [6, 6.07) is 20.5. The Morgan fingerprint density at radius 3 is 2.44 bits per heavy atom. The Morgan fingerprint density at radius 2 is 1.76 bits per heavy atom. The number of benzene rings is 3. The molecule has 0 fully saturated rings.